The van der Waals surface area contributed by atoms with E-state index in [1.807, 2.05) is 81.4 Å². The molecule has 0 bridgehead atoms. The van der Waals surface area contributed by atoms with Crippen LogP contribution in [0.5, 0.6) is 11.5 Å². The molecule has 2 amide bonds. The summed E-state index contributed by atoms with van der Waals surface area (Å²) in [7, 11) is 0. The fraction of sp³-hybridized carbons (Fsp3) is 0.355. The second kappa shape index (κ2) is 12.9. The van der Waals surface area contributed by atoms with E-state index >= 15 is 0 Å². The smallest absolute Gasteiger partial charge is 0.410 e. The van der Waals surface area contributed by atoms with Crippen LogP contribution in [0.1, 0.15) is 55.1 Å². The van der Waals surface area contributed by atoms with E-state index in [-0.39, 0.29) is 35.2 Å². The number of ether oxygens (including phenoxy) is 3. The van der Waals surface area contributed by atoms with Crippen LogP contribution < -0.4 is 14.8 Å². The first-order valence-corrected chi connectivity index (χ1v) is 13.5. The molecule has 0 unspecified atom stereocenters. The van der Waals surface area contributed by atoms with Crippen molar-refractivity contribution in [1.82, 2.24) is 10.2 Å². The predicted molar refractivity (Wildman–Crippen MR) is 151 cm³/mol. The molecule has 0 spiro atoms. The number of carbonyl (C=O) groups excluding carboxylic acids is 2. The zero-order chi connectivity index (χ0) is 27.8. The fourth-order valence-electron chi connectivity index (χ4n) is 4.34. The molecule has 3 aromatic carbocycles. The van der Waals surface area contributed by atoms with Gasteiger partial charge >= 0.3 is 6.09 Å². The zero-order valence-corrected chi connectivity index (χ0v) is 23.4. The minimum Gasteiger partial charge on any atom is -0.485 e. The van der Waals surface area contributed by atoms with E-state index < -0.39 is 5.60 Å². The molecule has 0 radical (unpaired) electrons. The standard InChI is InChI=1S/C31H35ClN2O5/c1-31(2,3)39-30(36)34-18-10-15-24(34)19-33-29(35)25-16-17-26(37-20-22-11-6-4-7-12-22)28(27(25)32)38-21-23-13-8-5-9-14-23/h4-9,11-14,16-17,24H,10,15,18-21H2,1-3H3,(H,33,35)/t24-/m0/s1. The van der Waals surface area contributed by atoms with Crippen molar-refractivity contribution >= 4 is 23.6 Å². The van der Waals surface area contributed by atoms with Crippen LogP contribution in [0.3, 0.4) is 0 Å². The summed E-state index contributed by atoms with van der Waals surface area (Å²) in [5.74, 6) is 0.402. The van der Waals surface area contributed by atoms with E-state index in [4.69, 9.17) is 25.8 Å². The summed E-state index contributed by atoms with van der Waals surface area (Å²) in [6.07, 6.45) is 1.27. The first-order valence-electron chi connectivity index (χ1n) is 13.1. The summed E-state index contributed by atoms with van der Waals surface area (Å²) >= 11 is 6.75. The molecule has 1 aliphatic heterocycles. The van der Waals surface area contributed by atoms with E-state index in [0.29, 0.717) is 31.2 Å². The second-order valence-corrected chi connectivity index (χ2v) is 10.9. The lowest BCUT2D eigenvalue weighted by Crippen LogP contribution is -2.45. The van der Waals surface area contributed by atoms with Crippen molar-refractivity contribution in [3.05, 3.63) is 94.5 Å². The molecule has 0 aromatic heterocycles. The highest BCUT2D eigenvalue weighted by molar-refractivity contribution is 6.35. The molecule has 0 saturated carbocycles. The van der Waals surface area contributed by atoms with Gasteiger partial charge in [-0.1, -0.05) is 72.3 Å². The number of carbonyl (C=O) groups is 2. The maximum Gasteiger partial charge on any atom is 0.410 e. The molecule has 1 saturated heterocycles. The fourth-order valence-corrected chi connectivity index (χ4v) is 4.64. The Balaban J connectivity index is 1.48. The molecule has 1 atom stereocenters. The molecule has 4 rings (SSSR count). The van der Waals surface area contributed by atoms with Crippen molar-refractivity contribution in [3.63, 3.8) is 0 Å². The number of hydrogen-bond acceptors (Lipinski definition) is 5. The third kappa shape index (κ3) is 7.90. The number of likely N-dealkylation sites (tertiary alicyclic amines) is 1. The van der Waals surface area contributed by atoms with Gasteiger partial charge in [0.1, 0.15) is 18.8 Å². The molecular weight excluding hydrogens is 516 g/mol. The summed E-state index contributed by atoms with van der Waals surface area (Å²) < 4.78 is 17.7. The molecule has 7 nitrogen and oxygen atoms in total. The van der Waals surface area contributed by atoms with Gasteiger partial charge < -0.3 is 24.4 Å². The van der Waals surface area contributed by atoms with Gasteiger partial charge in [-0.05, 0) is 56.9 Å². The number of nitrogens with zero attached hydrogens (tertiary/aromatic N) is 1. The van der Waals surface area contributed by atoms with Crippen LogP contribution in [-0.2, 0) is 18.0 Å². The first kappa shape index (κ1) is 28.3. The Morgan fingerprint density at radius 1 is 0.923 bits per heavy atom. The van der Waals surface area contributed by atoms with Gasteiger partial charge in [-0.15, -0.1) is 0 Å². The van der Waals surface area contributed by atoms with Crippen LogP contribution >= 0.6 is 11.6 Å². The number of amides is 2. The van der Waals surface area contributed by atoms with Gasteiger partial charge in [0, 0.05) is 13.1 Å². The van der Waals surface area contributed by atoms with Gasteiger partial charge in [-0.25, -0.2) is 4.79 Å². The summed E-state index contributed by atoms with van der Waals surface area (Å²) in [5.41, 5.74) is 1.65. The third-order valence-corrected chi connectivity index (χ3v) is 6.65. The van der Waals surface area contributed by atoms with E-state index in [9.17, 15) is 9.59 Å². The highest BCUT2D eigenvalue weighted by Crippen LogP contribution is 2.39. The Kier molecular flexibility index (Phi) is 9.36. The van der Waals surface area contributed by atoms with E-state index in [2.05, 4.69) is 5.32 Å². The summed E-state index contributed by atoms with van der Waals surface area (Å²) in [5, 5.41) is 3.11. The minimum absolute atomic E-state index is 0.148. The van der Waals surface area contributed by atoms with Crippen LogP contribution in [0.4, 0.5) is 4.79 Å². The van der Waals surface area contributed by atoms with Crippen molar-refractivity contribution in [2.24, 2.45) is 0 Å². The van der Waals surface area contributed by atoms with Crippen molar-refractivity contribution in [2.75, 3.05) is 13.1 Å². The van der Waals surface area contributed by atoms with Crippen molar-refractivity contribution in [3.8, 4) is 11.5 Å². The van der Waals surface area contributed by atoms with Crippen molar-refractivity contribution in [1.29, 1.82) is 0 Å². The lowest BCUT2D eigenvalue weighted by molar-refractivity contribution is 0.0225. The van der Waals surface area contributed by atoms with Crippen LogP contribution in [0, 0.1) is 0 Å². The van der Waals surface area contributed by atoms with Gasteiger partial charge in [-0.3, -0.25) is 4.79 Å². The van der Waals surface area contributed by atoms with Crippen LogP contribution in [0.25, 0.3) is 0 Å². The second-order valence-electron chi connectivity index (χ2n) is 10.5. The van der Waals surface area contributed by atoms with Gasteiger partial charge in [0.25, 0.3) is 5.91 Å². The Labute approximate surface area is 235 Å². The predicted octanol–water partition coefficient (Wildman–Crippen LogP) is 6.63. The van der Waals surface area contributed by atoms with Gasteiger partial charge in [0.2, 0.25) is 0 Å². The first-order chi connectivity index (χ1) is 18.7. The monoisotopic (exact) mass is 550 g/mol. The zero-order valence-electron chi connectivity index (χ0n) is 22.6. The van der Waals surface area contributed by atoms with Crippen molar-refractivity contribution < 1.29 is 23.8 Å². The van der Waals surface area contributed by atoms with E-state index in [0.717, 1.165) is 24.0 Å². The number of rotatable bonds is 9. The van der Waals surface area contributed by atoms with Gasteiger partial charge in [0.15, 0.2) is 11.5 Å². The number of nitrogens with one attached hydrogen (secondary N) is 1. The molecule has 1 heterocycles. The Morgan fingerprint density at radius 2 is 1.54 bits per heavy atom. The lowest BCUT2D eigenvalue weighted by Gasteiger charge is -2.28. The van der Waals surface area contributed by atoms with Crippen LogP contribution in [0.15, 0.2) is 72.8 Å². The Morgan fingerprint density at radius 3 is 2.15 bits per heavy atom. The molecule has 8 heteroatoms. The molecule has 1 N–H and O–H groups in total. The third-order valence-electron chi connectivity index (χ3n) is 6.27. The lowest BCUT2D eigenvalue weighted by atomic mass is 10.1. The highest BCUT2D eigenvalue weighted by Gasteiger charge is 2.32. The normalized spacial score (nSPS) is 15.1. The average Bonchev–Trinajstić information content (AvgIpc) is 3.39. The largest absolute Gasteiger partial charge is 0.485 e. The summed E-state index contributed by atoms with van der Waals surface area (Å²) in [4.78, 5) is 27.5. The summed E-state index contributed by atoms with van der Waals surface area (Å²) in [6, 6.07) is 22.7. The SMILES string of the molecule is CC(C)(C)OC(=O)N1CCC[C@H]1CNC(=O)c1ccc(OCc2ccccc2)c(OCc2ccccc2)c1Cl. The topological polar surface area (TPSA) is 77.1 Å². The minimum atomic E-state index is -0.582. The van der Waals surface area contributed by atoms with E-state index in [1.165, 1.54) is 0 Å². The van der Waals surface area contributed by atoms with Crippen LogP contribution in [-0.4, -0.2) is 41.6 Å². The Bertz CT molecular complexity index is 1260. The molecule has 39 heavy (non-hydrogen) atoms. The molecule has 1 fully saturated rings. The number of benzene rings is 3. The number of hydrogen-bond donors (Lipinski definition) is 1. The number of halogens is 1. The average molecular weight is 551 g/mol. The molecule has 0 aliphatic carbocycles. The molecular formula is C31H35ClN2O5. The Hall–Kier alpha value is -3.71. The maximum atomic E-state index is 13.2. The van der Waals surface area contributed by atoms with Gasteiger partial charge in [0.05, 0.1) is 16.6 Å². The maximum absolute atomic E-state index is 13.2. The molecule has 206 valence electrons. The van der Waals surface area contributed by atoms with E-state index in [1.54, 1.807) is 17.0 Å². The molecule has 3 aromatic rings. The molecule has 1 aliphatic rings. The summed E-state index contributed by atoms with van der Waals surface area (Å²) in [6.45, 7) is 6.99. The van der Waals surface area contributed by atoms with Crippen molar-refractivity contribution in [2.45, 2.75) is 58.5 Å². The van der Waals surface area contributed by atoms with Gasteiger partial charge in [-0.2, -0.15) is 0 Å². The quantitative estimate of drug-likeness (QED) is 0.324. The van der Waals surface area contributed by atoms with Crippen LogP contribution in [0.2, 0.25) is 5.02 Å². The highest BCUT2D eigenvalue weighted by atomic mass is 35.5.